The quantitative estimate of drug-likeness (QED) is 0.838. The van der Waals surface area contributed by atoms with Crippen molar-refractivity contribution in [2.75, 3.05) is 0 Å². The predicted octanol–water partition coefficient (Wildman–Crippen LogP) is 3.09. The van der Waals surface area contributed by atoms with E-state index in [0.717, 1.165) is 10.4 Å². The predicted molar refractivity (Wildman–Crippen MR) is 80.2 cm³/mol. The molecule has 2 rings (SSSR count). The van der Waals surface area contributed by atoms with E-state index in [1.807, 2.05) is 13.8 Å². The van der Waals surface area contributed by atoms with Crippen molar-refractivity contribution in [3.05, 3.63) is 56.2 Å². The highest BCUT2D eigenvalue weighted by Gasteiger charge is 2.13. The molecule has 0 aliphatic heterocycles. The summed E-state index contributed by atoms with van der Waals surface area (Å²) in [6.45, 7) is 3.88. The third-order valence-corrected chi connectivity index (χ3v) is 4.28. The molecule has 1 aromatic heterocycles. The number of rotatable bonds is 2. The summed E-state index contributed by atoms with van der Waals surface area (Å²) in [5.74, 6) is -0.791. The minimum absolute atomic E-state index is 0.313. The molecule has 2 N–H and O–H groups in total. The Morgan fingerprint density at radius 2 is 1.75 bits per heavy atom. The van der Waals surface area contributed by atoms with Gasteiger partial charge in [0.1, 0.15) is 0 Å². The molecule has 0 atom stereocenters. The normalized spacial score (nSPS) is 10.2. The van der Waals surface area contributed by atoms with E-state index in [2.05, 4.69) is 10.9 Å². The van der Waals surface area contributed by atoms with Gasteiger partial charge in [-0.1, -0.05) is 23.7 Å². The minimum Gasteiger partial charge on any atom is -0.267 e. The van der Waals surface area contributed by atoms with Gasteiger partial charge in [-0.15, -0.1) is 11.3 Å². The smallest absolute Gasteiger partial charge is 0.267 e. The van der Waals surface area contributed by atoms with Gasteiger partial charge < -0.3 is 0 Å². The summed E-state index contributed by atoms with van der Waals surface area (Å²) in [5.41, 5.74) is 6.10. The van der Waals surface area contributed by atoms with Crippen LogP contribution < -0.4 is 10.9 Å². The molecule has 0 aliphatic carbocycles. The highest BCUT2D eigenvalue weighted by Crippen LogP contribution is 2.20. The van der Waals surface area contributed by atoms with Gasteiger partial charge in [0.25, 0.3) is 11.8 Å². The van der Waals surface area contributed by atoms with Gasteiger partial charge >= 0.3 is 0 Å². The molecule has 0 saturated carbocycles. The van der Waals surface area contributed by atoms with E-state index in [9.17, 15) is 9.59 Å². The van der Waals surface area contributed by atoms with Crippen molar-refractivity contribution < 1.29 is 9.59 Å². The molecule has 1 heterocycles. The number of halogens is 1. The van der Waals surface area contributed by atoms with E-state index < -0.39 is 5.91 Å². The highest BCUT2D eigenvalue weighted by atomic mass is 35.5. The lowest BCUT2D eigenvalue weighted by molar-refractivity contribution is 0.0849. The number of hydrazine groups is 1. The first-order valence-corrected chi connectivity index (χ1v) is 7.10. The lowest BCUT2D eigenvalue weighted by atomic mass is 10.2. The van der Waals surface area contributed by atoms with Crippen molar-refractivity contribution in [2.45, 2.75) is 13.8 Å². The lowest BCUT2D eigenvalue weighted by Gasteiger charge is -2.07. The number of hydrogen-bond acceptors (Lipinski definition) is 3. The Hall–Kier alpha value is -1.85. The molecular weight excluding hydrogens is 296 g/mol. The van der Waals surface area contributed by atoms with E-state index in [4.69, 9.17) is 11.6 Å². The molecule has 2 amide bonds. The number of carbonyl (C=O) groups excluding carboxylic acids is 2. The molecule has 6 heteroatoms. The van der Waals surface area contributed by atoms with Crippen molar-refractivity contribution in [1.82, 2.24) is 10.9 Å². The fourth-order valence-electron chi connectivity index (χ4n) is 1.57. The molecular formula is C14H13ClN2O2S. The first-order chi connectivity index (χ1) is 9.49. The molecule has 4 nitrogen and oxygen atoms in total. The molecule has 0 saturated heterocycles. The van der Waals surface area contributed by atoms with Crippen molar-refractivity contribution in [2.24, 2.45) is 0 Å². The van der Waals surface area contributed by atoms with Crippen molar-refractivity contribution >= 4 is 34.8 Å². The van der Waals surface area contributed by atoms with Gasteiger partial charge in [0.2, 0.25) is 0 Å². The SMILES string of the molecule is Cc1cc(C(=O)NNC(=O)c2ccccc2Cl)sc1C. The average molecular weight is 309 g/mol. The van der Waals surface area contributed by atoms with Crippen molar-refractivity contribution in [1.29, 1.82) is 0 Å². The van der Waals surface area contributed by atoms with Crippen LogP contribution in [0, 0.1) is 13.8 Å². The van der Waals surface area contributed by atoms with Crippen LogP contribution in [0.15, 0.2) is 30.3 Å². The third kappa shape index (κ3) is 3.18. The zero-order valence-electron chi connectivity index (χ0n) is 11.0. The Morgan fingerprint density at radius 1 is 1.10 bits per heavy atom. The molecule has 0 aliphatic rings. The number of thiophene rings is 1. The van der Waals surface area contributed by atoms with Crippen molar-refractivity contribution in [3.8, 4) is 0 Å². The number of carbonyl (C=O) groups is 2. The Labute approximate surface area is 125 Å². The van der Waals surface area contributed by atoms with Crippen LogP contribution in [-0.4, -0.2) is 11.8 Å². The molecule has 1 aromatic carbocycles. The molecule has 20 heavy (non-hydrogen) atoms. The summed E-state index contributed by atoms with van der Waals surface area (Å²) in [5, 5.41) is 0.335. The van der Waals surface area contributed by atoms with E-state index in [0.29, 0.717) is 15.5 Å². The summed E-state index contributed by atoms with van der Waals surface area (Å²) in [4.78, 5) is 25.4. The van der Waals surface area contributed by atoms with Crippen LogP contribution >= 0.6 is 22.9 Å². The topological polar surface area (TPSA) is 58.2 Å². The van der Waals surface area contributed by atoms with Gasteiger partial charge in [-0.3, -0.25) is 20.4 Å². The summed E-state index contributed by atoms with van der Waals surface area (Å²) >= 11 is 7.29. The zero-order chi connectivity index (χ0) is 14.7. The maximum absolute atomic E-state index is 11.9. The summed E-state index contributed by atoms with van der Waals surface area (Å²) in [6, 6.07) is 8.42. The first-order valence-electron chi connectivity index (χ1n) is 5.91. The Bertz CT molecular complexity index is 647. The molecule has 0 bridgehead atoms. The summed E-state index contributed by atoms with van der Waals surface area (Å²) < 4.78 is 0. The first kappa shape index (κ1) is 14.6. The van der Waals surface area contributed by atoms with Crippen LogP contribution in [0.5, 0.6) is 0 Å². The van der Waals surface area contributed by atoms with Crippen LogP contribution in [0.4, 0.5) is 0 Å². The van der Waals surface area contributed by atoms with Crippen LogP contribution in [0.25, 0.3) is 0 Å². The van der Waals surface area contributed by atoms with E-state index in [-0.39, 0.29) is 5.91 Å². The number of hydrogen-bond donors (Lipinski definition) is 2. The monoisotopic (exact) mass is 308 g/mol. The largest absolute Gasteiger partial charge is 0.279 e. The Morgan fingerprint density at radius 3 is 2.35 bits per heavy atom. The second-order valence-corrected chi connectivity index (χ2v) is 5.90. The fraction of sp³-hybridized carbons (Fsp3) is 0.143. The summed E-state index contributed by atoms with van der Waals surface area (Å²) in [6.07, 6.45) is 0. The summed E-state index contributed by atoms with van der Waals surface area (Å²) in [7, 11) is 0. The Balaban J connectivity index is 2.00. The fourth-order valence-corrected chi connectivity index (χ4v) is 2.72. The van der Waals surface area contributed by atoms with Crippen LogP contribution in [-0.2, 0) is 0 Å². The molecule has 0 radical (unpaired) electrons. The Kier molecular flexibility index (Phi) is 4.42. The number of amides is 2. The van der Waals surface area contributed by atoms with Gasteiger partial charge in [-0.2, -0.15) is 0 Å². The number of benzene rings is 1. The van der Waals surface area contributed by atoms with Gasteiger partial charge in [0, 0.05) is 4.88 Å². The van der Waals surface area contributed by atoms with Gasteiger partial charge in [0.15, 0.2) is 0 Å². The maximum Gasteiger partial charge on any atom is 0.279 e. The lowest BCUT2D eigenvalue weighted by Crippen LogP contribution is -2.41. The van der Waals surface area contributed by atoms with E-state index >= 15 is 0 Å². The van der Waals surface area contributed by atoms with Crippen LogP contribution in [0.2, 0.25) is 5.02 Å². The number of aryl methyl sites for hydroxylation is 2. The van der Waals surface area contributed by atoms with Gasteiger partial charge in [-0.25, -0.2) is 0 Å². The van der Waals surface area contributed by atoms with Crippen LogP contribution in [0.1, 0.15) is 30.5 Å². The third-order valence-electron chi connectivity index (χ3n) is 2.80. The molecule has 0 fully saturated rings. The highest BCUT2D eigenvalue weighted by molar-refractivity contribution is 7.14. The molecule has 0 spiro atoms. The van der Waals surface area contributed by atoms with E-state index in [1.165, 1.54) is 11.3 Å². The van der Waals surface area contributed by atoms with Gasteiger partial charge in [-0.05, 0) is 37.6 Å². The second-order valence-electron chi connectivity index (χ2n) is 4.24. The minimum atomic E-state index is -0.450. The molecule has 2 aromatic rings. The standard InChI is InChI=1S/C14H13ClN2O2S/c1-8-7-12(20-9(8)2)14(19)17-16-13(18)10-5-3-4-6-11(10)15/h3-7H,1-2H3,(H,16,18)(H,17,19). The van der Waals surface area contributed by atoms with Crippen LogP contribution in [0.3, 0.4) is 0 Å². The van der Waals surface area contributed by atoms with Gasteiger partial charge in [0.05, 0.1) is 15.5 Å². The zero-order valence-corrected chi connectivity index (χ0v) is 12.6. The second kappa shape index (κ2) is 6.07. The van der Waals surface area contributed by atoms with Crippen molar-refractivity contribution in [3.63, 3.8) is 0 Å². The molecule has 0 unspecified atom stereocenters. The number of nitrogens with one attached hydrogen (secondary N) is 2. The average Bonchev–Trinajstić information content (AvgIpc) is 2.76. The van der Waals surface area contributed by atoms with E-state index in [1.54, 1.807) is 30.3 Å². The maximum atomic E-state index is 11.9. The molecule has 104 valence electrons.